The first kappa shape index (κ1) is 34.5. The summed E-state index contributed by atoms with van der Waals surface area (Å²) in [4.78, 5) is 29.1. The number of benzene rings is 2. The summed E-state index contributed by atoms with van der Waals surface area (Å²) in [6, 6.07) is 21.7. The number of aryl methyl sites for hydroxylation is 1. The van der Waals surface area contributed by atoms with Crippen LogP contribution in [-0.4, -0.2) is 35.2 Å². The van der Waals surface area contributed by atoms with Gasteiger partial charge < -0.3 is 19.9 Å². The number of anilines is 1. The molecule has 0 bridgehead atoms. The summed E-state index contributed by atoms with van der Waals surface area (Å²) < 4.78 is 11.7. The maximum absolute atomic E-state index is 12.6. The van der Waals surface area contributed by atoms with Crippen molar-refractivity contribution in [2.75, 3.05) is 18.5 Å². The van der Waals surface area contributed by atoms with Crippen LogP contribution in [0.2, 0.25) is 0 Å². The molecular weight excluding hydrogens is 552 g/mol. The Balaban J connectivity index is 1.41. The minimum absolute atomic E-state index is 0.0584. The van der Waals surface area contributed by atoms with E-state index in [1.165, 1.54) is 18.4 Å². The van der Waals surface area contributed by atoms with Crippen LogP contribution in [0, 0.1) is 5.41 Å². The summed E-state index contributed by atoms with van der Waals surface area (Å²) in [6.45, 7) is 7.73. The lowest BCUT2D eigenvalue weighted by Gasteiger charge is -2.25. The molecule has 2 aromatic carbocycles. The van der Waals surface area contributed by atoms with Crippen molar-refractivity contribution in [3.63, 3.8) is 0 Å². The van der Waals surface area contributed by atoms with Crippen molar-refractivity contribution in [3.05, 3.63) is 89.2 Å². The number of hydrogen-bond acceptors (Lipinski definition) is 5. The van der Waals surface area contributed by atoms with Gasteiger partial charge in [-0.1, -0.05) is 70.0 Å². The van der Waals surface area contributed by atoms with Crippen LogP contribution in [0.15, 0.2) is 66.7 Å². The predicted octanol–water partition coefficient (Wildman–Crippen LogP) is 8.58. The molecule has 0 aliphatic rings. The molecule has 3 rings (SSSR count). The average Bonchev–Trinajstić information content (AvgIpc) is 3.03. The van der Waals surface area contributed by atoms with E-state index in [1.54, 1.807) is 19.9 Å². The number of carboxylic acids is 1. The molecule has 0 aliphatic carbocycles. The minimum atomic E-state index is -1.04. The highest BCUT2D eigenvalue weighted by molar-refractivity contribution is 5.94. The summed E-state index contributed by atoms with van der Waals surface area (Å²) in [6.07, 6.45) is 11.2. The number of unbranched alkanes of at least 4 members (excludes halogenated alkanes) is 3. The topological polar surface area (TPSA) is 97.8 Å². The fourth-order valence-corrected chi connectivity index (χ4v) is 4.97. The molecule has 3 aromatic rings. The Bertz CT molecular complexity index is 1330. The number of rotatable bonds is 20. The SMILES string of the molecule is CCCCCOc1ccc(CCCCOCc2cccc(/C=C/c3cccc(NC(=O)CC(CC)(CC)C(=O)O)c3)n2)cc1. The molecule has 0 radical (unpaired) electrons. The molecule has 7 nitrogen and oxygen atoms in total. The van der Waals surface area contributed by atoms with Crippen molar-refractivity contribution in [1.82, 2.24) is 4.98 Å². The lowest BCUT2D eigenvalue weighted by Crippen LogP contribution is -2.34. The first-order valence-corrected chi connectivity index (χ1v) is 15.9. The summed E-state index contributed by atoms with van der Waals surface area (Å²) >= 11 is 0. The molecular formula is C37H48N2O5. The van der Waals surface area contributed by atoms with Crippen LogP contribution in [0.5, 0.6) is 5.75 Å². The van der Waals surface area contributed by atoms with E-state index in [2.05, 4.69) is 36.5 Å². The van der Waals surface area contributed by atoms with Gasteiger partial charge in [-0.3, -0.25) is 14.6 Å². The van der Waals surface area contributed by atoms with Crippen molar-refractivity contribution in [2.24, 2.45) is 5.41 Å². The lowest BCUT2D eigenvalue weighted by atomic mass is 9.79. The van der Waals surface area contributed by atoms with E-state index in [9.17, 15) is 14.7 Å². The highest BCUT2D eigenvalue weighted by Gasteiger charge is 2.37. The fraction of sp³-hybridized carbons (Fsp3) is 0.432. The fourth-order valence-electron chi connectivity index (χ4n) is 4.97. The molecule has 2 N–H and O–H groups in total. The molecule has 0 unspecified atom stereocenters. The van der Waals surface area contributed by atoms with Gasteiger partial charge in [0.1, 0.15) is 5.75 Å². The van der Waals surface area contributed by atoms with Gasteiger partial charge in [-0.05, 0) is 92.1 Å². The van der Waals surface area contributed by atoms with Gasteiger partial charge in [0.2, 0.25) is 5.91 Å². The quantitative estimate of drug-likeness (QED) is 0.126. The Kier molecular flexibility index (Phi) is 14.6. The number of amides is 1. The third kappa shape index (κ3) is 11.6. The van der Waals surface area contributed by atoms with Crippen LogP contribution in [0.25, 0.3) is 12.2 Å². The lowest BCUT2D eigenvalue weighted by molar-refractivity contribution is -0.151. The Hall–Kier alpha value is -3.97. The van der Waals surface area contributed by atoms with Gasteiger partial charge in [-0.2, -0.15) is 0 Å². The number of carbonyl (C=O) groups is 2. The number of carbonyl (C=O) groups excluding carboxylic acids is 1. The number of aromatic nitrogens is 1. The molecule has 7 heteroatoms. The van der Waals surface area contributed by atoms with E-state index < -0.39 is 11.4 Å². The second-order valence-electron chi connectivity index (χ2n) is 11.2. The van der Waals surface area contributed by atoms with Crippen LogP contribution in [0.1, 0.15) is 94.7 Å². The zero-order chi connectivity index (χ0) is 31.6. The number of nitrogens with one attached hydrogen (secondary N) is 1. The normalized spacial score (nSPS) is 11.5. The summed E-state index contributed by atoms with van der Waals surface area (Å²) in [5, 5.41) is 12.5. The van der Waals surface area contributed by atoms with Gasteiger partial charge in [0.15, 0.2) is 0 Å². The summed E-state index contributed by atoms with van der Waals surface area (Å²) in [5.41, 5.74) is 3.48. The molecule has 0 spiro atoms. The molecule has 0 saturated heterocycles. The molecule has 0 fully saturated rings. The molecule has 1 heterocycles. The highest BCUT2D eigenvalue weighted by Crippen LogP contribution is 2.31. The number of carboxylic acid groups (broad SMARTS) is 1. The second-order valence-corrected chi connectivity index (χ2v) is 11.2. The maximum Gasteiger partial charge on any atom is 0.310 e. The molecule has 44 heavy (non-hydrogen) atoms. The van der Waals surface area contributed by atoms with Crippen LogP contribution in [0.4, 0.5) is 5.69 Å². The summed E-state index contributed by atoms with van der Waals surface area (Å²) in [5.74, 6) is -0.293. The minimum Gasteiger partial charge on any atom is -0.494 e. The Morgan fingerprint density at radius 3 is 2.36 bits per heavy atom. The van der Waals surface area contributed by atoms with Crippen LogP contribution >= 0.6 is 0 Å². The van der Waals surface area contributed by atoms with E-state index >= 15 is 0 Å². The zero-order valence-corrected chi connectivity index (χ0v) is 26.5. The molecule has 0 saturated carbocycles. The standard InChI is InChI=1S/C37H48N2O5/c1-4-7-9-25-44-34-22-19-29(20-23-34)13-8-10-24-43-28-33-17-12-15-31(38-33)21-18-30-14-11-16-32(26-30)39-35(40)27-37(5-2,6-3)36(41)42/h11-12,14-23,26H,4-10,13,24-25,27-28H2,1-3H3,(H,39,40)(H,41,42)/b21-18+. The van der Waals surface area contributed by atoms with Gasteiger partial charge >= 0.3 is 5.97 Å². The highest BCUT2D eigenvalue weighted by atomic mass is 16.5. The smallest absolute Gasteiger partial charge is 0.310 e. The molecule has 1 amide bonds. The summed E-state index contributed by atoms with van der Waals surface area (Å²) in [7, 11) is 0. The van der Waals surface area contributed by atoms with Crippen LogP contribution in [-0.2, 0) is 27.4 Å². The van der Waals surface area contributed by atoms with Gasteiger partial charge in [-0.25, -0.2) is 0 Å². The molecule has 1 aromatic heterocycles. The molecule has 0 aliphatic heterocycles. The van der Waals surface area contributed by atoms with Crippen molar-refractivity contribution in [1.29, 1.82) is 0 Å². The van der Waals surface area contributed by atoms with Crippen molar-refractivity contribution >= 4 is 29.7 Å². The number of pyridine rings is 1. The maximum atomic E-state index is 12.6. The molecule has 236 valence electrons. The van der Waals surface area contributed by atoms with Crippen molar-refractivity contribution < 1.29 is 24.2 Å². The van der Waals surface area contributed by atoms with Gasteiger partial charge in [0.05, 0.1) is 30.0 Å². The number of nitrogens with zero attached hydrogens (tertiary/aromatic N) is 1. The largest absolute Gasteiger partial charge is 0.494 e. The number of aliphatic carboxylic acids is 1. The van der Waals surface area contributed by atoms with Crippen molar-refractivity contribution in [2.45, 2.75) is 85.2 Å². The third-order valence-electron chi connectivity index (χ3n) is 7.95. The Labute approximate surface area is 262 Å². The monoisotopic (exact) mass is 600 g/mol. The van der Waals surface area contributed by atoms with Crippen LogP contribution in [0.3, 0.4) is 0 Å². The first-order chi connectivity index (χ1) is 21.4. The van der Waals surface area contributed by atoms with Gasteiger partial charge in [0, 0.05) is 18.7 Å². The van der Waals surface area contributed by atoms with E-state index in [4.69, 9.17) is 14.5 Å². The van der Waals surface area contributed by atoms with E-state index in [0.29, 0.717) is 31.7 Å². The second kappa shape index (κ2) is 18.6. The third-order valence-corrected chi connectivity index (χ3v) is 7.95. The van der Waals surface area contributed by atoms with Gasteiger partial charge in [0.25, 0.3) is 0 Å². The number of hydrogen-bond donors (Lipinski definition) is 2. The van der Waals surface area contributed by atoms with Crippen LogP contribution < -0.4 is 10.1 Å². The predicted molar refractivity (Wildman–Crippen MR) is 178 cm³/mol. The van der Waals surface area contributed by atoms with E-state index in [-0.39, 0.29) is 12.3 Å². The number of ether oxygens (including phenoxy) is 2. The zero-order valence-electron chi connectivity index (χ0n) is 26.5. The van der Waals surface area contributed by atoms with E-state index in [1.807, 2.05) is 48.6 Å². The Morgan fingerprint density at radius 2 is 1.64 bits per heavy atom. The van der Waals surface area contributed by atoms with Crippen molar-refractivity contribution in [3.8, 4) is 5.75 Å². The average molecular weight is 601 g/mol. The van der Waals surface area contributed by atoms with E-state index in [0.717, 1.165) is 55.0 Å². The van der Waals surface area contributed by atoms with Gasteiger partial charge in [-0.15, -0.1) is 0 Å². The first-order valence-electron chi connectivity index (χ1n) is 15.9. The molecule has 0 atom stereocenters. The Morgan fingerprint density at radius 1 is 0.886 bits per heavy atom.